The van der Waals surface area contributed by atoms with Gasteiger partial charge in [-0.3, -0.25) is 4.72 Å². The highest BCUT2D eigenvalue weighted by Crippen LogP contribution is 2.21. The van der Waals surface area contributed by atoms with E-state index < -0.39 is 21.6 Å². The van der Waals surface area contributed by atoms with Gasteiger partial charge in [-0.05, 0) is 42.7 Å². The molecular formula is C22H23NO6S. The van der Waals surface area contributed by atoms with Crippen molar-refractivity contribution in [3.8, 4) is 0 Å². The minimum Gasteiger partial charge on any atom is -0.457 e. The van der Waals surface area contributed by atoms with Crippen molar-refractivity contribution in [2.75, 3.05) is 10.5 Å². The summed E-state index contributed by atoms with van der Waals surface area (Å²) in [6, 6.07) is 12.9. The molecule has 0 unspecified atom stereocenters. The average molecular weight is 429 g/mol. The third kappa shape index (κ3) is 5.27. The van der Waals surface area contributed by atoms with Gasteiger partial charge in [0.25, 0.3) is 0 Å². The van der Waals surface area contributed by atoms with E-state index >= 15 is 0 Å². The molecule has 2 aromatic carbocycles. The Morgan fingerprint density at radius 3 is 2.63 bits per heavy atom. The van der Waals surface area contributed by atoms with E-state index in [4.69, 9.17) is 9.15 Å². The first-order valence-electron chi connectivity index (χ1n) is 9.64. The molecule has 0 spiro atoms. The maximum atomic E-state index is 12.5. The number of esters is 1. The van der Waals surface area contributed by atoms with Gasteiger partial charge in [0.1, 0.15) is 12.2 Å². The van der Waals surface area contributed by atoms with Crippen LogP contribution in [0.4, 0.5) is 5.69 Å². The molecule has 0 aliphatic heterocycles. The summed E-state index contributed by atoms with van der Waals surface area (Å²) in [6.45, 7) is 3.66. The molecule has 1 aromatic heterocycles. The number of sulfonamides is 1. The Bertz CT molecular complexity index is 1230. The van der Waals surface area contributed by atoms with Gasteiger partial charge in [0.05, 0.1) is 11.3 Å². The van der Waals surface area contributed by atoms with Crippen molar-refractivity contribution in [2.45, 2.75) is 33.3 Å². The Kier molecular flexibility index (Phi) is 6.56. The fourth-order valence-electron chi connectivity index (χ4n) is 3.05. The lowest BCUT2D eigenvalue weighted by molar-refractivity contribution is 0.0474. The van der Waals surface area contributed by atoms with Gasteiger partial charge in [-0.15, -0.1) is 0 Å². The number of ether oxygens (including phenoxy) is 1. The third-order valence-electron chi connectivity index (χ3n) is 4.51. The van der Waals surface area contributed by atoms with Gasteiger partial charge in [0, 0.05) is 22.7 Å². The minimum absolute atomic E-state index is 0.00885. The summed E-state index contributed by atoms with van der Waals surface area (Å²) >= 11 is 0. The summed E-state index contributed by atoms with van der Waals surface area (Å²) in [5, 5.41) is 0.695. The van der Waals surface area contributed by atoms with E-state index in [1.54, 1.807) is 25.1 Å². The van der Waals surface area contributed by atoms with Gasteiger partial charge in [0.2, 0.25) is 10.0 Å². The summed E-state index contributed by atoms with van der Waals surface area (Å²) < 4.78 is 36.9. The van der Waals surface area contributed by atoms with Gasteiger partial charge >= 0.3 is 11.6 Å². The van der Waals surface area contributed by atoms with Crippen LogP contribution in [0.25, 0.3) is 11.0 Å². The molecule has 158 valence electrons. The number of anilines is 1. The van der Waals surface area contributed by atoms with Crippen LogP contribution in [0.1, 0.15) is 41.8 Å². The summed E-state index contributed by atoms with van der Waals surface area (Å²) in [6.07, 6.45) is 1.28. The Balaban J connectivity index is 1.78. The number of hydrogen-bond donors (Lipinski definition) is 1. The summed E-state index contributed by atoms with van der Waals surface area (Å²) in [4.78, 5) is 24.4. The SMILES string of the molecule is CCCS(=O)(=O)Nc1cccc(C(=O)OCc2cc(=O)oc3cc(CC)ccc23)c1. The predicted molar refractivity (Wildman–Crippen MR) is 115 cm³/mol. The fraction of sp³-hybridized carbons (Fsp3) is 0.273. The van der Waals surface area contributed by atoms with Gasteiger partial charge in [-0.25, -0.2) is 18.0 Å². The number of fused-ring (bicyclic) bond motifs is 1. The number of hydrogen-bond acceptors (Lipinski definition) is 6. The fourth-order valence-corrected chi connectivity index (χ4v) is 4.17. The standard InChI is InChI=1S/C22H23NO6S/c1-3-10-30(26,27)23-18-7-5-6-16(12-18)22(25)28-14-17-13-21(24)29-20-11-15(4-2)8-9-19(17)20/h5-9,11-13,23H,3-4,10,14H2,1-2H3. The molecule has 3 rings (SSSR count). The highest BCUT2D eigenvalue weighted by Gasteiger charge is 2.14. The molecule has 0 saturated carbocycles. The molecule has 0 aliphatic rings. The van der Waals surface area contributed by atoms with Gasteiger partial charge in [-0.1, -0.05) is 32.0 Å². The smallest absolute Gasteiger partial charge is 0.338 e. The zero-order chi connectivity index (χ0) is 21.7. The van der Waals surface area contributed by atoms with E-state index in [1.165, 1.54) is 18.2 Å². The van der Waals surface area contributed by atoms with Crippen LogP contribution in [-0.4, -0.2) is 20.1 Å². The van der Waals surface area contributed by atoms with E-state index in [0.29, 0.717) is 23.0 Å². The van der Waals surface area contributed by atoms with Gasteiger partial charge in [0.15, 0.2) is 0 Å². The number of rotatable bonds is 8. The quantitative estimate of drug-likeness (QED) is 0.431. The summed E-state index contributed by atoms with van der Waals surface area (Å²) in [5.41, 5.74) is 1.98. The van der Waals surface area contributed by atoms with E-state index in [9.17, 15) is 18.0 Å². The molecule has 0 fully saturated rings. The Morgan fingerprint density at radius 2 is 1.90 bits per heavy atom. The average Bonchev–Trinajstić information content (AvgIpc) is 2.70. The second-order valence-corrected chi connectivity index (χ2v) is 8.69. The zero-order valence-corrected chi connectivity index (χ0v) is 17.6. The van der Waals surface area contributed by atoms with E-state index in [0.717, 1.165) is 12.0 Å². The highest BCUT2D eigenvalue weighted by molar-refractivity contribution is 7.92. The second-order valence-electron chi connectivity index (χ2n) is 6.85. The molecule has 1 heterocycles. The molecular weight excluding hydrogens is 406 g/mol. The molecule has 0 atom stereocenters. The summed E-state index contributed by atoms with van der Waals surface area (Å²) in [7, 11) is -3.46. The van der Waals surface area contributed by atoms with Gasteiger partial charge < -0.3 is 9.15 Å². The van der Waals surface area contributed by atoms with Crippen LogP contribution in [0.3, 0.4) is 0 Å². The van der Waals surface area contributed by atoms with Crippen molar-refractivity contribution < 1.29 is 22.4 Å². The maximum Gasteiger partial charge on any atom is 0.338 e. The van der Waals surface area contributed by atoms with Crippen LogP contribution in [0, 0.1) is 0 Å². The van der Waals surface area contributed by atoms with E-state index in [1.807, 2.05) is 19.1 Å². The Hall–Kier alpha value is -3.13. The van der Waals surface area contributed by atoms with Crippen LogP contribution in [0.15, 0.2) is 57.7 Å². The van der Waals surface area contributed by atoms with Crippen molar-refractivity contribution in [1.29, 1.82) is 0 Å². The molecule has 8 heteroatoms. The number of aryl methyl sites for hydroxylation is 1. The zero-order valence-electron chi connectivity index (χ0n) is 16.8. The molecule has 0 radical (unpaired) electrons. The Labute approximate surface area is 174 Å². The molecule has 0 amide bonds. The van der Waals surface area contributed by atoms with Crippen molar-refractivity contribution in [1.82, 2.24) is 0 Å². The monoisotopic (exact) mass is 429 g/mol. The topological polar surface area (TPSA) is 103 Å². The van der Waals surface area contributed by atoms with Crippen LogP contribution >= 0.6 is 0 Å². The van der Waals surface area contributed by atoms with Gasteiger partial charge in [-0.2, -0.15) is 0 Å². The van der Waals surface area contributed by atoms with Crippen molar-refractivity contribution in [3.63, 3.8) is 0 Å². The normalized spacial score (nSPS) is 11.4. The summed E-state index contributed by atoms with van der Waals surface area (Å²) in [5.74, 6) is -0.636. The van der Waals surface area contributed by atoms with Crippen molar-refractivity contribution >= 4 is 32.6 Å². The van der Waals surface area contributed by atoms with E-state index in [-0.39, 0.29) is 23.6 Å². The number of carbonyl (C=O) groups is 1. The highest BCUT2D eigenvalue weighted by atomic mass is 32.2. The number of benzene rings is 2. The maximum absolute atomic E-state index is 12.5. The van der Waals surface area contributed by atoms with Crippen LogP contribution in [-0.2, 0) is 27.8 Å². The number of nitrogens with one attached hydrogen (secondary N) is 1. The van der Waals surface area contributed by atoms with E-state index in [2.05, 4.69) is 4.72 Å². The molecule has 0 saturated heterocycles. The molecule has 3 aromatic rings. The lowest BCUT2D eigenvalue weighted by Gasteiger charge is -2.10. The second kappa shape index (κ2) is 9.13. The van der Waals surface area contributed by atoms with Crippen molar-refractivity contribution in [3.05, 3.63) is 75.6 Å². The first-order chi connectivity index (χ1) is 14.3. The molecule has 0 aliphatic carbocycles. The van der Waals surface area contributed by atoms with Crippen molar-refractivity contribution in [2.24, 2.45) is 0 Å². The number of carbonyl (C=O) groups excluding carboxylic acids is 1. The molecule has 1 N–H and O–H groups in total. The Morgan fingerprint density at radius 1 is 1.10 bits per heavy atom. The molecule has 30 heavy (non-hydrogen) atoms. The van der Waals surface area contributed by atoms with Crippen LogP contribution in [0.2, 0.25) is 0 Å². The third-order valence-corrected chi connectivity index (χ3v) is 6.00. The largest absolute Gasteiger partial charge is 0.457 e. The van der Waals surface area contributed by atoms with Crippen LogP contribution < -0.4 is 10.3 Å². The first-order valence-corrected chi connectivity index (χ1v) is 11.3. The molecule has 7 nitrogen and oxygen atoms in total. The lowest BCUT2D eigenvalue weighted by Crippen LogP contribution is -2.16. The first kappa shape index (κ1) is 21.6. The predicted octanol–water partition coefficient (Wildman–Crippen LogP) is 3.86. The minimum atomic E-state index is -3.46. The lowest BCUT2D eigenvalue weighted by atomic mass is 10.1. The molecule has 0 bridgehead atoms. The van der Waals surface area contributed by atoms with Crippen LogP contribution in [0.5, 0.6) is 0 Å².